The number of hydrogen-bond donors (Lipinski definition) is 1. The van der Waals surface area contributed by atoms with Crippen molar-refractivity contribution in [1.82, 2.24) is 5.43 Å². The van der Waals surface area contributed by atoms with Crippen molar-refractivity contribution in [2.45, 2.75) is 13.5 Å². The van der Waals surface area contributed by atoms with E-state index in [1.807, 2.05) is 61.8 Å². The van der Waals surface area contributed by atoms with Crippen LogP contribution in [0.1, 0.15) is 12.5 Å². The quantitative estimate of drug-likeness (QED) is 0.497. The molecule has 1 N–H and O–H groups in total. The van der Waals surface area contributed by atoms with E-state index in [-0.39, 0.29) is 12.5 Å². The van der Waals surface area contributed by atoms with Crippen LogP contribution in [0, 0.1) is 0 Å². The first-order valence-electron chi connectivity index (χ1n) is 6.77. The van der Waals surface area contributed by atoms with Crippen molar-refractivity contribution in [3.05, 3.63) is 60.4 Å². The van der Waals surface area contributed by atoms with Gasteiger partial charge in [0.05, 0.1) is 12.8 Å². The lowest BCUT2D eigenvalue weighted by Crippen LogP contribution is -2.40. The third-order valence-electron chi connectivity index (χ3n) is 2.70. The third-order valence-corrected chi connectivity index (χ3v) is 2.70. The lowest BCUT2D eigenvalue weighted by atomic mass is 10.2. The predicted molar refractivity (Wildman–Crippen MR) is 80.0 cm³/mol. The Bertz CT molecular complexity index is 595. The number of carbonyl (C=O) groups is 1. The summed E-state index contributed by atoms with van der Waals surface area (Å²) in [5.41, 5.74) is 3.39. The van der Waals surface area contributed by atoms with Gasteiger partial charge in [-0.25, -0.2) is 5.43 Å². The maximum absolute atomic E-state index is 11.7. The van der Waals surface area contributed by atoms with Crippen LogP contribution in [-0.2, 0) is 11.3 Å². The molecule has 5 nitrogen and oxygen atoms in total. The summed E-state index contributed by atoms with van der Waals surface area (Å²) in [6, 6.07) is 13.1. The zero-order valence-corrected chi connectivity index (χ0v) is 11.9. The highest BCUT2D eigenvalue weighted by Crippen LogP contribution is 2.10. The molecule has 0 fully saturated rings. The molecule has 1 aromatic heterocycles. The van der Waals surface area contributed by atoms with Crippen molar-refractivity contribution < 1.29 is 14.1 Å². The number of hydrogen-bond acceptors (Lipinski definition) is 3. The standard InChI is InChI=1S/C16H17N3O2/c1-2-21-15-8-6-14(7-9-15)12-17-18-16(20)13-19-10-4-3-5-11-19/h3-12H,2,13H2,1H3/p+1/b17-12-. The summed E-state index contributed by atoms with van der Waals surface area (Å²) < 4.78 is 7.13. The Kier molecular flexibility index (Phi) is 5.46. The molecule has 21 heavy (non-hydrogen) atoms. The van der Waals surface area contributed by atoms with Gasteiger partial charge >= 0.3 is 5.91 Å². The summed E-state index contributed by atoms with van der Waals surface area (Å²) in [6.45, 7) is 2.82. The summed E-state index contributed by atoms with van der Waals surface area (Å²) >= 11 is 0. The Morgan fingerprint density at radius 3 is 2.62 bits per heavy atom. The van der Waals surface area contributed by atoms with Crippen LogP contribution in [0.5, 0.6) is 5.75 Å². The van der Waals surface area contributed by atoms with Crippen molar-refractivity contribution in [2.75, 3.05) is 6.61 Å². The molecule has 0 aliphatic carbocycles. The number of rotatable bonds is 6. The maximum atomic E-state index is 11.7. The van der Waals surface area contributed by atoms with Gasteiger partial charge in [0, 0.05) is 12.1 Å². The lowest BCUT2D eigenvalue weighted by molar-refractivity contribution is -0.684. The minimum absolute atomic E-state index is 0.173. The molecule has 0 saturated heterocycles. The number of pyridine rings is 1. The fraction of sp³-hybridized carbons (Fsp3) is 0.188. The monoisotopic (exact) mass is 284 g/mol. The van der Waals surface area contributed by atoms with Crippen molar-refractivity contribution in [3.8, 4) is 5.75 Å². The van der Waals surface area contributed by atoms with E-state index in [0.717, 1.165) is 11.3 Å². The average Bonchev–Trinajstić information content (AvgIpc) is 2.50. The molecule has 0 aliphatic heterocycles. The molecule has 1 amide bonds. The Morgan fingerprint density at radius 2 is 1.95 bits per heavy atom. The van der Waals surface area contributed by atoms with Gasteiger partial charge in [-0.2, -0.15) is 9.67 Å². The van der Waals surface area contributed by atoms with E-state index >= 15 is 0 Å². The van der Waals surface area contributed by atoms with Gasteiger partial charge < -0.3 is 4.74 Å². The average molecular weight is 284 g/mol. The zero-order chi connectivity index (χ0) is 14.9. The van der Waals surface area contributed by atoms with Crippen LogP contribution in [0.3, 0.4) is 0 Å². The van der Waals surface area contributed by atoms with Gasteiger partial charge in [-0.15, -0.1) is 0 Å². The number of hydrazone groups is 1. The van der Waals surface area contributed by atoms with Crippen molar-refractivity contribution in [2.24, 2.45) is 5.10 Å². The summed E-state index contributed by atoms with van der Waals surface area (Å²) in [5.74, 6) is 0.646. The highest BCUT2D eigenvalue weighted by molar-refractivity contribution is 5.82. The molecule has 0 bridgehead atoms. The fourth-order valence-corrected chi connectivity index (χ4v) is 1.74. The molecule has 1 aromatic carbocycles. The SMILES string of the molecule is CCOc1ccc(/C=N\NC(=O)C[n+]2ccccc2)cc1. The second kappa shape index (κ2) is 7.79. The van der Waals surface area contributed by atoms with Crippen molar-refractivity contribution in [1.29, 1.82) is 0 Å². The van der Waals surface area contributed by atoms with Crippen molar-refractivity contribution in [3.63, 3.8) is 0 Å². The van der Waals surface area contributed by atoms with Gasteiger partial charge in [-0.3, -0.25) is 4.79 Å². The summed E-state index contributed by atoms with van der Waals surface area (Å²) in [4.78, 5) is 11.7. The van der Waals surface area contributed by atoms with E-state index in [2.05, 4.69) is 10.5 Å². The van der Waals surface area contributed by atoms with Crippen LogP contribution in [-0.4, -0.2) is 18.7 Å². The van der Waals surface area contributed by atoms with Gasteiger partial charge in [-0.1, -0.05) is 6.07 Å². The molecule has 2 rings (SSSR count). The van der Waals surface area contributed by atoms with Crippen LogP contribution < -0.4 is 14.7 Å². The lowest BCUT2D eigenvalue weighted by Gasteiger charge is -2.02. The first kappa shape index (κ1) is 14.7. The summed E-state index contributed by atoms with van der Waals surface area (Å²) in [7, 11) is 0. The number of nitrogens with zero attached hydrogens (tertiary/aromatic N) is 2. The number of benzene rings is 1. The Balaban J connectivity index is 1.83. The normalized spacial score (nSPS) is 10.5. The number of carbonyl (C=O) groups excluding carboxylic acids is 1. The van der Waals surface area contributed by atoms with E-state index in [9.17, 15) is 4.79 Å². The van der Waals surface area contributed by atoms with Gasteiger partial charge in [0.15, 0.2) is 12.4 Å². The van der Waals surface area contributed by atoms with E-state index in [0.29, 0.717) is 6.61 Å². The predicted octanol–water partition coefficient (Wildman–Crippen LogP) is 1.52. The van der Waals surface area contributed by atoms with Crippen LogP contribution in [0.15, 0.2) is 60.0 Å². The number of amides is 1. The molecule has 1 heterocycles. The molecular weight excluding hydrogens is 266 g/mol. The molecular formula is C16H18N3O2+. The van der Waals surface area contributed by atoms with Crippen LogP contribution in [0.4, 0.5) is 0 Å². The topological polar surface area (TPSA) is 54.6 Å². The highest BCUT2D eigenvalue weighted by atomic mass is 16.5. The van der Waals surface area contributed by atoms with Crippen molar-refractivity contribution >= 4 is 12.1 Å². The fourth-order valence-electron chi connectivity index (χ4n) is 1.74. The molecule has 0 saturated carbocycles. The van der Waals surface area contributed by atoms with Gasteiger partial charge in [-0.05, 0) is 36.8 Å². The number of ether oxygens (including phenoxy) is 1. The summed E-state index contributed by atoms with van der Waals surface area (Å²) in [6.07, 6.45) is 5.26. The molecule has 0 atom stereocenters. The summed E-state index contributed by atoms with van der Waals surface area (Å²) in [5, 5.41) is 3.93. The molecule has 0 radical (unpaired) electrons. The largest absolute Gasteiger partial charge is 0.494 e. The van der Waals surface area contributed by atoms with Crippen LogP contribution >= 0.6 is 0 Å². The first-order valence-corrected chi connectivity index (χ1v) is 6.77. The Labute approximate surface area is 123 Å². The molecule has 108 valence electrons. The smallest absolute Gasteiger partial charge is 0.305 e. The first-order chi connectivity index (χ1) is 10.3. The third kappa shape index (κ3) is 5.06. The number of nitrogens with one attached hydrogen (secondary N) is 1. The molecule has 5 heteroatoms. The van der Waals surface area contributed by atoms with E-state index in [1.165, 1.54) is 0 Å². The van der Waals surface area contributed by atoms with E-state index < -0.39 is 0 Å². The number of aromatic nitrogens is 1. The zero-order valence-electron chi connectivity index (χ0n) is 11.9. The molecule has 0 aliphatic rings. The Morgan fingerprint density at radius 1 is 1.24 bits per heavy atom. The van der Waals surface area contributed by atoms with Gasteiger partial charge in [0.25, 0.3) is 0 Å². The molecule has 0 unspecified atom stereocenters. The minimum Gasteiger partial charge on any atom is -0.494 e. The van der Waals surface area contributed by atoms with E-state index in [4.69, 9.17) is 4.74 Å². The van der Waals surface area contributed by atoms with E-state index in [1.54, 1.807) is 10.8 Å². The maximum Gasteiger partial charge on any atom is 0.305 e. The second-order valence-corrected chi connectivity index (χ2v) is 4.34. The van der Waals surface area contributed by atoms with Gasteiger partial charge in [0.1, 0.15) is 5.75 Å². The molecule has 0 spiro atoms. The second-order valence-electron chi connectivity index (χ2n) is 4.34. The highest BCUT2D eigenvalue weighted by Gasteiger charge is 2.06. The van der Waals surface area contributed by atoms with Crippen LogP contribution in [0.2, 0.25) is 0 Å². The van der Waals surface area contributed by atoms with Gasteiger partial charge in [0.2, 0.25) is 6.54 Å². The van der Waals surface area contributed by atoms with Crippen LogP contribution in [0.25, 0.3) is 0 Å². The minimum atomic E-state index is -0.173. The molecule has 2 aromatic rings. The Hall–Kier alpha value is -2.69.